The molecule has 9 heteroatoms. The largest absolute Gasteiger partial charge is 0.495 e. The van der Waals surface area contributed by atoms with Crippen molar-refractivity contribution in [3.8, 4) is 5.75 Å². The number of nitrogens with zero attached hydrogens (tertiary/aromatic N) is 3. The highest BCUT2D eigenvalue weighted by Crippen LogP contribution is 2.32. The SMILES string of the molecule is COc1ccc(C(=O)N2CCN(C(=O)CCC(C)C)CC2)cc1S(=O)(=O)N1CC(C)CC(C)C1. The van der Waals surface area contributed by atoms with Gasteiger partial charge in [-0.15, -0.1) is 0 Å². The number of piperidine rings is 1. The van der Waals surface area contributed by atoms with Crippen molar-refractivity contribution < 1.29 is 22.7 Å². The Bertz CT molecular complexity index is 976. The van der Waals surface area contributed by atoms with Crippen molar-refractivity contribution in [2.45, 2.75) is 51.9 Å². The van der Waals surface area contributed by atoms with Gasteiger partial charge in [0.15, 0.2) is 0 Å². The number of rotatable bonds is 7. The number of carbonyl (C=O) groups is 2. The van der Waals surface area contributed by atoms with Gasteiger partial charge >= 0.3 is 0 Å². The van der Waals surface area contributed by atoms with Gasteiger partial charge in [0, 0.05) is 51.3 Å². The van der Waals surface area contributed by atoms with Gasteiger partial charge in [-0.05, 0) is 48.8 Å². The van der Waals surface area contributed by atoms with E-state index >= 15 is 0 Å². The predicted molar refractivity (Wildman–Crippen MR) is 131 cm³/mol. The topological polar surface area (TPSA) is 87.2 Å². The van der Waals surface area contributed by atoms with Gasteiger partial charge in [-0.2, -0.15) is 4.31 Å². The van der Waals surface area contributed by atoms with Crippen LogP contribution in [0.2, 0.25) is 0 Å². The molecule has 34 heavy (non-hydrogen) atoms. The molecule has 3 rings (SSSR count). The third-order valence-electron chi connectivity index (χ3n) is 6.72. The molecule has 8 nitrogen and oxygen atoms in total. The lowest BCUT2D eigenvalue weighted by Crippen LogP contribution is -2.50. The molecule has 0 N–H and O–H groups in total. The third kappa shape index (κ3) is 6.10. The average Bonchev–Trinajstić information content (AvgIpc) is 2.81. The van der Waals surface area contributed by atoms with Crippen molar-refractivity contribution >= 4 is 21.8 Å². The van der Waals surface area contributed by atoms with Gasteiger partial charge in [0.25, 0.3) is 5.91 Å². The maximum Gasteiger partial charge on any atom is 0.254 e. The predicted octanol–water partition coefficient (Wildman–Crippen LogP) is 3.08. The second-order valence-electron chi connectivity index (χ2n) is 10.2. The van der Waals surface area contributed by atoms with E-state index in [0.29, 0.717) is 57.2 Å². The summed E-state index contributed by atoms with van der Waals surface area (Å²) in [6.07, 6.45) is 2.38. The van der Waals surface area contributed by atoms with Crippen LogP contribution in [0.5, 0.6) is 5.75 Å². The van der Waals surface area contributed by atoms with Crippen molar-refractivity contribution in [1.82, 2.24) is 14.1 Å². The first-order chi connectivity index (χ1) is 16.0. The Morgan fingerprint density at radius 2 is 1.62 bits per heavy atom. The van der Waals surface area contributed by atoms with E-state index in [-0.39, 0.29) is 34.3 Å². The summed E-state index contributed by atoms with van der Waals surface area (Å²) in [5.74, 6) is 1.16. The fourth-order valence-electron chi connectivity index (χ4n) is 4.86. The number of hydrogen-bond acceptors (Lipinski definition) is 5. The molecule has 1 aromatic carbocycles. The quantitative estimate of drug-likeness (QED) is 0.583. The first kappa shape index (κ1) is 26.5. The summed E-state index contributed by atoms with van der Waals surface area (Å²) in [6.45, 7) is 11.1. The lowest BCUT2D eigenvalue weighted by Gasteiger charge is -2.35. The number of piperazine rings is 1. The standard InChI is InChI=1S/C25H39N3O5S/c1-18(2)6-9-24(29)26-10-12-27(13-11-26)25(30)21-7-8-22(33-5)23(15-21)34(31,32)28-16-19(3)14-20(4)17-28/h7-8,15,18-20H,6,9-14,16-17H2,1-5H3. The Hall–Kier alpha value is -2.13. The highest BCUT2D eigenvalue weighted by molar-refractivity contribution is 7.89. The van der Waals surface area contributed by atoms with Crippen molar-refractivity contribution in [2.24, 2.45) is 17.8 Å². The number of ether oxygens (including phenoxy) is 1. The van der Waals surface area contributed by atoms with Crippen LogP contribution in [0, 0.1) is 17.8 Å². The Kier molecular flexibility index (Phi) is 8.62. The molecule has 2 aliphatic rings. The Morgan fingerprint density at radius 1 is 1.03 bits per heavy atom. The van der Waals surface area contributed by atoms with Gasteiger partial charge in [-0.3, -0.25) is 9.59 Å². The molecule has 2 amide bonds. The number of benzene rings is 1. The number of sulfonamides is 1. The maximum atomic E-state index is 13.5. The number of hydrogen-bond donors (Lipinski definition) is 0. The van der Waals surface area contributed by atoms with Crippen LogP contribution in [0.1, 0.15) is 57.3 Å². The molecule has 2 unspecified atom stereocenters. The Balaban J connectivity index is 1.74. The molecule has 2 aliphatic heterocycles. The van der Waals surface area contributed by atoms with E-state index in [2.05, 4.69) is 27.7 Å². The van der Waals surface area contributed by atoms with Crippen molar-refractivity contribution in [2.75, 3.05) is 46.4 Å². The zero-order valence-corrected chi connectivity index (χ0v) is 21.9. The highest BCUT2D eigenvalue weighted by Gasteiger charge is 2.34. The van der Waals surface area contributed by atoms with Crippen molar-refractivity contribution in [1.29, 1.82) is 0 Å². The molecule has 0 spiro atoms. The summed E-state index contributed by atoms with van der Waals surface area (Å²) in [4.78, 5) is 29.2. The molecule has 1 aromatic rings. The van der Waals surface area contributed by atoms with Gasteiger partial charge in [0.2, 0.25) is 15.9 Å². The van der Waals surface area contributed by atoms with Crippen LogP contribution in [0.3, 0.4) is 0 Å². The molecular formula is C25H39N3O5S. The molecule has 0 aromatic heterocycles. The molecule has 190 valence electrons. The lowest BCUT2D eigenvalue weighted by atomic mass is 9.94. The van der Waals surface area contributed by atoms with Gasteiger partial charge in [-0.25, -0.2) is 8.42 Å². The first-order valence-corrected chi connectivity index (χ1v) is 13.7. The Morgan fingerprint density at radius 3 is 2.18 bits per heavy atom. The highest BCUT2D eigenvalue weighted by atomic mass is 32.2. The second kappa shape index (κ2) is 11.1. The fraction of sp³-hybridized carbons (Fsp3) is 0.680. The van der Waals surface area contributed by atoms with Crippen LogP contribution in [0.15, 0.2) is 23.1 Å². The smallest absolute Gasteiger partial charge is 0.254 e. The molecule has 2 atom stereocenters. The molecule has 2 fully saturated rings. The molecular weight excluding hydrogens is 454 g/mol. The van der Waals surface area contributed by atoms with E-state index in [1.807, 2.05) is 4.90 Å². The summed E-state index contributed by atoms with van der Waals surface area (Å²) in [6, 6.07) is 4.62. The van der Waals surface area contributed by atoms with Crippen molar-refractivity contribution in [3.63, 3.8) is 0 Å². The van der Waals surface area contributed by atoms with Gasteiger partial charge < -0.3 is 14.5 Å². The third-order valence-corrected chi connectivity index (χ3v) is 8.57. The molecule has 0 saturated carbocycles. The zero-order chi connectivity index (χ0) is 25.0. The zero-order valence-electron chi connectivity index (χ0n) is 21.1. The minimum Gasteiger partial charge on any atom is -0.495 e. The normalized spacial score (nSPS) is 22.2. The number of amides is 2. The van der Waals surface area contributed by atoms with E-state index in [9.17, 15) is 18.0 Å². The number of methoxy groups -OCH3 is 1. The summed E-state index contributed by atoms with van der Waals surface area (Å²) >= 11 is 0. The molecule has 2 saturated heterocycles. The summed E-state index contributed by atoms with van der Waals surface area (Å²) in [7, 11) is -2.37. The minimum absolute atomic E-state index is 0.0321. The summed E-state index contributed by atoms with van der Waals surface area (Å²) in [5, 5.41) is 0. The number of carbonyl (C=O) groups excluding carboxylic acids is 2. The summed E-state index contributed by atoms with van der Waals surface area (Å²) in [5.41, 5.74) is 0.317. The molecule has 0 bridgehead atoms. The van der Waals surface area contributed by atoms with Crippen LogP contribution < -0.4 is 4.74 Å². The van der Waals surface area contributed by atoms with Gasteiger partial charge in [0.1, 0.15) is 10.6 Å². The average molecular weight is 494 g/mol. The van der Waals surface area contributed by atoms with Gasteiger partial charge in [0.05, 0.1) is 7.11 Å². The minimum atomic E-state index is -3.81. The molecule has 0 radical (unpaired) electrons. The van der Waals surface area contributed by atoms with E-state index < -0.39 is 10.0 Å². The first-order valence-electron chi connectivity index (χ1n) is 12.3. The van der Waals surface area contributed by atoms with Crippen LogP contribution in [0.4, 0.5) is 0 Å². The van der Waals surface area contributed by atoms with E-state index in [1.165, 1.54) is 17.5 Å². The van der Waals surface area contributed by atoms with E-state index in [1.54, 1.807) is 17.0 Å². The van der Waals surface area contributed by atoms with Crippen LogP contribution in [-0.2, 0) is 14.8 Å². The Labute approximate surface area is 204 Å². The second-order valence-corrected chi connectivity index (χ2v) is 12.1. The van der Waals surface area contributed by atoms with Crippen LogP contribution in [0.25, 0.3) is 0 Å². The van der Waals surface area contributed by atoms with Crippen LogP contribution in [-0.4, -0.2) is 80.7 Å². The maximum absolute atomic E-state index is 13.5. The van der Waals surface area contributed by atoms with E-state index in [4.69, 9.17) is 4.74 Å². The summed E-state index contributed by atoms with van der Waals surface area (Å²) < 4.78 is 33.9. The van der Waals surface area contributed by atoms with E-state index in [0.717, 1.165) is 12.8 Å². The van der Waals surface area contributed by atoms with Crippen LogP contribution >= 0.6 is 0 Å². The van der Waals surface area contributed by atoms with Gasteiger partial charge in [-0.1, -0.05) is 27.7 Å². The van der Waals surface area contributed by atoms with Crippen molar-refractivity contribution in [3.05, 3.63) is 23.8 Å². The lowest BCUT2D eigenvalue weighted by molar-refractivity contribution is -0.132. The fourth-order valence-corrected chi connectivity index (χ4v) is 6.73. The monoisotopic (exact) mass is 493 g/mol. The molecule has 0 aliphatic carbocycles. The molecule has 2 heterocycles.